The lowest BCUT2D eigenvalue weighted by molar-refractivity contribution is -0.129. The first kappa shape index (κ1) is 12.9. The van der Waals surface area contributed by atoms with E-state index in [1.54, 1.807) is 7.11 Å². The fraction of sp³-hybridized carbons (Fsp3) is 0.500. The summed E-state index contributed by atoms with van der Waals surface area (Å²) in [6.07, 6.45) is 1.49. The second-order valence-electron chi connectivity index (χ2n) is 4.64. The normalized spacial score (nSPS) is 19.0. The number of hydrogen-bond acceptors (Lipinski definition) is 3. The van der Waals surface area contributed by atoms with Crippen LogP contribution in [0.4, 0.5) is 0 Å². The predicted molar refractivity (Wildman–Crippen MR) is 70.7 cm³/mol. The summed E-state index contributed by atoms with van der Waals surface area (Å²) in [5.41, 5.74) is 1.01. The highest BCUT2D eigenvalue weighted by Gasteiger charge is 2.24. The maximum atomic E-state index is 12.1. The van der Waals surface area contributed by atoms with Gasteiger partial charge in [-0.15, -0.1) is 0 Å². The second kappa shape index (κ2) is 5.87. The van der Waals surface area contributed by atoms with E-state index in [1.165, 1.54) is 0 Å². The minimum atomic E-state index is 0.195. The number of benzene rings is 1. The Labute approximate surface area is 108 Å². The largest absolute Gasteiger partial charge is 0.497 e. The molecule has 1 aliphatic rings. The fourth-order valence-electron chi connectivity index (χ4n) is 2.29. The molecule has 98 valence electrons. The third-order valence-corrected chi connectivity index (χ3v) is 3.44. The molecule has 4 heteroatoms. The van der Waals surface area contributed by atoms with Crippen LogP contribution in [0.2, 0.25) is 0 Å². The standard InChI is InChI=1S/C14H20N2O2/c1-15-12-6-7-16(10-12)14(17)9-11-4-3-5-13(8-11)18-2/h3-5,8,12,15H,6-7,9-10H2,1-2H3. The first-order valence-corrected chi connectivity index (χ1v) is 6.31. The molecule has 0 radical (unpaired) electrons. The first-order valence-electron chi connectivity index (χ1n) is 6.31. The Balaban J connectivity index is 1.94. The highest BCUT2D eigenvalue weighted by Crippen LogP contribution is 2.15. The lowest BCUT2D eigenvalue weighted by Gasteiger charge is -2.16. The van der Waals surface area contributed by atoms with E-state index in [1.807, 2.05) is 36.2 Å². The highest BCUT2D eigenvalue weighted by atomic mass is 16.5. The van der Waals surface area contributed by atoms with E-state index >= 15 is 0 Å². The topological polar surface area (TPSA) is 41.6 Å². The van der Waals surface area contributed by atoms with E-state index in [0.717, 1.165) is 30.8 Å². The summed E-state index contributed by atoms with van der Waals surface area (Å²) in [5, 5.41) is 3.22. The third-order valence-electron chi connectivity index (χ3n) is 3.44. The van der Waals surface area contributed by atoms with Crippen LogP contribution >= 0.6 is 0 Å². The Morgan fingerprint density at radius 3 is 3.06 bits per heavy atom. The Bertz CT molecular complexity index is 420. The van der Waals surface area contributed by atoms with Gasteiger partial charge in [0, 0.05) is 19.1 Å². The Hall–Kier alpha value is -1.55. The van der Waals surface area contributed by atoms with Gasteiger partial charge >= 0.3 is 0 Å². The van der Waals surface area contributed by atoms with E-state index in [9.17, 15) is 4.79 Å². The third kappa shape index (κ3) is 3.01. The summed E-state index contributed by atoms with van der Waals surface area (Å²) < 4.78 is 5.16. The zero-order chi connectivity index (χ0) is 13.0. The van der Waals surface area contributed by atoms with Gasteiger partial charge in [0.25, 0.3) is 0 Å². The molecule has 1 amide bonds. The van der Waals surface area contributed by atoms with Crippen LogP contribution < -0.4 is 10.1 Å². The molecule has 1 N–H and O–H groups in total. The number of nitrogens with one attached hydrogen (secondary N) is 1. The molecule has 18 heavy (non-hydrogen) atoms. The van der Waals surface area contributed by atoms with Crippen molar-refractivity contribution in [3.63, 3.8) is 0 Å². The number of methoxy groups -OCH3 is 1. The summed E-state index contributed by atoms with van der Waals surface area (Å²) >= 11 is 0. The number of nitrogens with zero attached hydrogens (tertiary/aromatic N) is 1. The summed E-state index contributed by atoms with van der Waals surface area (Å²) in [7, 11) is 3.58. The SMILES string of the molecule is CNC1CCN(C(=O)Cc2cccc(OC)c2)C1. The van der Waals surface area contributed by atoms with Crippen molar-refractivity contribution in [3.8, 4) is 5.75 Å². The number of likely N-dealkylation sites (N-methyl/N-ethyl adjacent to an activating group) is 1. The van der Waals surface area contributed by atoms with Gasteiger partial charge in [-0.05, 0) is 31.2 Å². The maximum absolute atomic E-state index is 12.1. The molecule has 1 atom stereocenters. The van der Waals surface area contributed by atoms with E-state index in [-0.39, 0.29) is 5.91 Å². The van der Waals surface area contributed by atoms with Gasteiger partial charge in [0.2, 0.25) is 5.91 Å². The minimum absolute atomic E-state index is 0.195. The number of rotatable bonds is 4. The van der Waals surface area contributed by atoms with Crippen molar-refractivity contribution in [1.82, 2.24) is 10.2 Å². The number of carbonyl (C=O) groups is 1. The van der Waals surface area contributed by atoms with Gasteiger partial charge in [-0.2, -0.15) is 0 Å². The quantitative estimate of drug-likeness (QED) is 0.866. The van der Waals surface area contributed by atoms with Crippen LogP contribution in [-0.2, 0) is 11.2 Å². The Kier molecular flexibility index (Phi) is 4.20. The average molecular weight is 248 g/mol. The van der Waals surface area contributed by atoms with Crippen molar-refractivity contribution >= 4 is 5.91 Å². The molecule has 1 aliphatic heterocycles. The molecule has 0 bridgehead atoms. The van der Waals surface area contributed by atoms with Gasteiger partial charge in [-0.3, -0.25) is 4.79 Å². The molecule has 1 aromatic carbocycles. The molecule has 0 aliphatic carbocycles. The van der Waals surface area contributed by atoms with Crippen molar-refractivity contribution in [2.75, 3.05) is 27.2 Å². The molecular formula is C14H20N2O2. The number of amides is 1. The monoisotopic (exact) mass is 248 g/mol. The van der Waals surface area contributed by atoms with Crippen molar-refractivity contribution < 1.29 is 9.53 Å². The van der Waals surface area contributed by atoms with E-state index in [2.05, 4.69) is 5.32 Å². The number of ether oxygens (including phenoxy) is 1. The molecule has 4 nitrogen and oxygen atoms in total. The van der Waals surface area contributed by atoms with Gasteiger partial charge in [0.15, 0.2) is 0 Å². The zero-order valence-electron chi connectivity index (χ0n) is 11.0. The fourth-order valence-corrected chi connectivity index (χ4v) is 2.29. The van der Waals surface area contributed by atoms with Crippen LogP contribution in [0.1, 0.15) is 12.0 Å². The van der Waals surface area contributed by atoms with Gasteiger partial charge in [0.05, 0.1) is 13.5 Å². The lowest BCUT2D eigenvalue weighted by Crippen LogP contribution is -2.34. The van der Waals surface area contributed by atoms with Crippen molar-refractivity contribution in [3.05, 3.63) is 29.8 Å². The van der Waals surface area contributed by atoms with Crippen LogP contribution in [0.3, 0.4) is 0 Å². The van der Waals surface area contributed by atoms with Crippen molar-refractivity contribution in [1.29, 1.82) is 0 Å². The highest BCUT2D eigenvalue weighted by molar-refractivity contribution is 5.79. The van der Waals surface area contributed by atoms with Gasteiger partial charge in [-0.1, -0.05) is 12.1 Å². The van der Waals surface area contributed by atoms with Gasteiger partial charge < -0.3 is 15.0 Å². The average Bonchev–Trinajstić information content (AvgIpc) is 2.88. The first-order chi connectivity index (χ1) is 8.72. The molecule has 1 heterocycles. The number of carbonyl (C=O) groups excluding carboxylic acids is 1. The van der Waals surface area contributed by atoms with E-state index in [4.69, 9.17) is 4.74 Å². The molecule has 0 saturated carbocycles. The minimum Gasteiger partial charge on any atom is -0.497 e. The molecule has 0 spiro atoms. The van der Waals surface area contributed by atoms with Crippen LogP contribution in [0.5, 0.6) is 5.75 Å². The maximum Gasteiger partial charge on any atom is 0.227 e. The molecule has 1 saturated heterocycles. The molecule has 2 rings (SSSR count). The number of likely N-dealkylation sites (tertiary alicyclic amines) is 1. The molecule has 1 fully saturated rings. The summed E-state index contributed by atoms with van der Waals surface area (Å²) in [6, 6.07) is 8.14. The lowest BCUT2D eigenvalue weighted by atomic mass is 10.1. The van der Waals surface area contributed by atoms with Crippen LogP contribution in [0.15, 0.2) is 24.3 Å². The summed E-state index contributed by atoms with van der Waals surface area (Å²) in [4.78, 5) is 14.1. The summed E-state index contributed by atoms with van der Waals surface area (Å²) in [5.74, 6) is 0.996. The van der Waals surface area contributed by atoms with Crippen molar-refractivity contribution in [2.24, 2.45) is 0 Å². The number of hydrogen-bond donors (Lipinski definition) is 1. The van der Waals surface area contributed by atoms with Crippen LogP contribution in [0, 0.1) is 0 Å². The molecule has 1 unspecified atom stereocenters. The van der Waals surface area contributed by atoms with E-state index in [0.29, 0.717) is 12.5 Å². The van der Waals surface area contributed by atoms with Crippen LogP contribution in [-0.4, -0.2) is 44.1 Å². The molecular weight excluding hydrogens is 228 g/mol. The zero-order valence-corrected chi connectivity index (χ0v) is 11.0. The van der Waals surface area contributed by atoms with Gasteiger partial charge in [0.1, 0.15) is 5.75 Å². The second-order valence-corrected chi connectivity index (χ2v) is 4.64. The smallest absolute Gasteiger partial charge is 0.227 e. The van der Waals surface area contributed by atoms with Crippen LogP contribution in [0.25, 0.3) is 0 Å². The molecule has 0 aromatic heterocycles. The Morgan fingerprint density at radius 2 is 2.39 bits per heavy atom. The van der Waals surface area contributed by atoms with Crippen molar-refractivity contribution in [2.45, 2.75) is 18.9 Å². The summed E-state index contributed by atoms with van der Waals surface area (Å²) in [6.45, 7) is 1.67. The molecule has 1 aromatic rings. The van der Waals surface area contributed by atoms with Gasteiger partial charge in [-0.25, -0.2) is 0 Å². The van der Waals surface area contributed by atoms with E-state index < -0.39 is 0 Å². The predicted octanol–water partition coefficient (Wildman–Crippen LogP) is 1.06. The Morgan fingerprint density at radius 1 is 1.56 bits per heavy atom.